The van der Waals surface area contributed by atoms with E-state index in [4.69, 9.17) is 4.52 Å². The number of amides is 3. The van der Waals surface area contributed by atoms with Crippen LogP contribution in [0.15, 0.2) is 34.9 Å². The van der Waals surface area contributed by atoms with Crippen molar-refractivity contribution < 1.29 is 14.1 Å². The third-order valence-electron chi connectivity index (χ3n) is 5.90. The number of likely N-dealkylation sites (tertiary alicyclic amines) is 1. The first-order chi connectivity index (χ1) is 14.1. The minimum atomic E-state index is -0.222. The van der Waals surface area contributed by atoms with Gasteiger partial charge in [0.15, 0.2) is 5.69 Å². The van der Waals surface area contributed by atoms with Crippen molar-refractivity contribution in [2.45, 2.75) is 57.5 Å². The Balaban J connectivity index is 1.30. The third-order valence-corrected chi connectivity index (χ3v) is 5.90. The van der Waals surface area contributed by atoms with E-state index in [0.717, 1.165) is 32.1 Å². The molecule has 7 nitrogen and oxygen atoms in total. The Labute approximate surface area is 170 Å². The fraction of sp³-hybridized carbons (Fsp3) is 0.500. The number of rotatable bonds is 3. The van der Waals surface area contributed by atoms with Gasteiger partial charge in [-0.1, -0.05) is 35.8 Å². The SMILES string of the molecule is Cc1cc(C(=O)NC2CCN(C(=O)NC3CCCCc4ccccc43)CC2)no1. The van der Waals surface area contributed by atoms with Crippen LogP contribution in [-0.2, 0) is 6.42 Å². The van der Waals surface area contributed by atoms with Crippen molar-refractivity contribution in [2.75, 3.05) is 13.1 Å². The molecule has 1 fully saturated rings. The van der Waals surface area contributed by atoms with Crippen LogP contribution in [0.1, 0.15) is 65.5 Å². The smallest absolute Gasteiger partial charge is 0.317 e. The summed E-state index contributed by atoms with van der Waals surface area (Å²) in [5, 5.41) is 9.99. The number of carbonyl (C=O) groups excluding carboxylic acids is 2. The highest BCUT2D eigenvalue weighted by Gasteiger charge is 2.27. The fourth-order valence-corrected chi connectivity index (χ4v) is 4.27. The molecular formula is C22H28N4O3. The molecule has 1 saturated heterocycles. The number of benzene rings is 1. The second-order valence-corrected chi connectivity index (χ2v) is 8.00. The predicted molar refractivity (Wildman–Crippen MR) is 109 cm³/mol. The van der Waals surface area contributed by atoms with E-state index in [0.29, 0.717) is 24.5 Å². The Morgan fingerprint density at radius 3 is 2.66 bits per heavy atom. The maximum Gasteiger partial charge on any atom is 0.317 e. The number of fused-ring (bicyclic) bond motifs is 1. The highest BCUT2D eigenvalue weighted by Crippen LogP contribution is 2.28. The molecule has 0 radical (unpaired) electrons. The van der Waals surface area contributed by atoms with Gasteiger partial charge >= 0.3 is 6.03 Å². The first-order valence-corrected chi connectivity index (χ1v) is 10.5. The molecular weight excluding hydrogens is 368 g/mol. The number of hydrogen-bond acceptors (Lipinski definition) is 4. The van der Waals surface area contributed by atoms with Crippen LogP contribution in [0.3, 0.4) is 0 Å². The minimum absolute atomic E-state index is 0.0106. The molecule has 1 aromatic carbocycles. The van der Waals surface area contributed by atoms with Crippen molar-refractivity contribution in [1.82, 2.24) is 20.7 Å². The molecule has 0 spiro atoms. The predicted octanol–water partition coefficient (Wildman–Crippen LogP) is 3.35. The molecule has 2 heterocycles. The van der Waals surface area contributed by atoms with Gasteiger partial charge in [0.25, 0.3) is 5.91 Å². The van der Waals surface area contributed by atoms with Gasteiger partial charge in [-0.2, -0.15) is 0 Å². The average molecular weight is 396 g/mol. The number of hydrogen-bond donors (Lipinski definition) is 2. The second-order valence-electron chi connectivity index (χ2n) is 8.00. The first-order valence-electron chi connectivity index (χ1n) is 10.5. The van der Waals surface area contributed by atoms with Gasteiger partial charge in [0.05, 0.1) is 6.04 Å². The maximum absolute atomic E-state index is 12.8. The van der Waals surface area contributed by atoms with E-state index < -0.39 is 0 Å². The number of piperidine rings is 1. The zero-order chi connectivity index (χ0) is 20.2. The molecule has 1 unspecified atom stereocenters. The van der Waals surface area contributed by atoms with Crippen LogP contribution in [0.4, 0.5) is 4.79 Å². The van der Waals surface area contributed by atoms with E-state index in [-0.39, 0.29) is 24.0 Å². The van der Waals surface area contributed by atoms with Crippen LogP contribution < -0.4 is 10.6 Å². The lowest BCUT2D eigenvalue weighted by Crippen LogP contribution is -2.50. The zero-order valence-corrected chi connectivity index (χ0v) is 16.8. The van der Waals surface area contributed by atoms with Crippen molar-refractivity contribution in [3.05, 3.63) is 52.9 Å². The number of carbonyl (C=O) groups is 2. The van der Waals surface area contributed by atoms with Gasteiger partial charge in [0, 0.05) is 25.2 Å². The van der Waals surface area contributed by atoms with Gasteiger partial charge in [-0.15, -0.1) is 0 Å². The molecule has 154 valence electrons. The number of nitrogens with zero attached hydrogens (tertiary/aromatic N) is 2. The van der Waals surface area contributed by atoms with E-state index in [9.17, 15) is 9.59 Å². The Kier molecular flexibility index (Phi) is 5.83. The van der Waals surface area contributed by atoms with Crippen LogP contribution in [0.2, 0.25) is 0 Å². The molecule has 7 heteroatoms. The van der Waals surface area contributed by atoms with Gasteiger partial charge < -0.3 is 20.1 Å². The van der Waals surface area contributed by atoms with Crippen molar-refractivity contribution >= 4 is 11.9 Å². The zero-order valence-electron chi connectivity index (χ0n) is 16.8. The Bertz CT molecular complexity index is 870. The number of aromatic nitrogens is 1. The summed E-state index contributed by atoms with van der Waals surface area (Å²) >= 11 is 0. The molecule has 1 aromatic heterocycles. The molecule has 29 heavy (non-hydrogen) atoms. The number of nitrogens with one attached hydrogen (secondary N) is 2. The lowest BCUT2D eigenvalue weighted by molar-refractivity contribution is 0.0908. The van der Waals surface area contributed by atoms with E-state index in [1.807, 2.05) is 11.0 Å². The van der Waals surface area contributed by atoms with Gasteiger partial charge in [-0.25, -0.2) is 4.79 Å². The van der Waals surface area contributed by atoms with Crippen LogP contribution >= 0.6 is 0 Å². The molecule has 1 aliphatic carbocycles. The average Bonchev–Trinajstić information content (AvgIpc) is 3.07. The lowest BCUT2D eigenvalue weighted by Gasteiger charge is -2.33. The summed E-state index contributed by atoms with van der Waals surface area (Å²) in [6, 6.07) is 10.2. The summed E-state index contributed by atoms with van der Waals surface area (Å²) in [5.41, 5.74) is 2.90. The van der Waals surface area contributed by atoms with Crippen LogP contribution in [0.25, 0.3) is 0 Å². The van der Waals surface area contributed by atoms with Gasteiger partial charge in [0.1, 0.15) is 5.76 Å². The Morgan fingerprint density at radius 1 is 1.10 bits per heavy atom. The van der Waals surface area contributed by atoms with Crippen molar-refractivity contribution in [3.63, 3.8) is 0 Å². The molecule has 0 bridgehead atoms. The monoisotopic (exact) mass is 396 g/mol. The molecule has 4 rings (SSSR count). The molecule has 1 aliphatic heterocycles. The van der Waals surface area contributed by atoms with Gasteiger partial charge in [-0.05, 0) is 50.2 Å². The second kappa shape index (κ2) is 8.68. The summed E-state index contributed by atoms with van der Waals surface area (Å²) in [6.07, 6.45) is 5.81. The minimum Gasteiger partial charge on any atom is -0.361 e. The van der Waals surface area contributed by atoms with E-state index in [2.05, 4.69) is 34.0 Å². The number of aryl methyl sites for hydroxylation is 2. The quantitative estimate of drug-likeness (QED) is 0.779. The molecule has 3 amide bonds. The van der Waals surface area contributed by atoms with Crippen LogP contribution in [0, 0.1) is 6.92 Å². The standard InChI is InChI=1S/C22H28N4O3/c1-15-14-20(25-29-15)21(27)23-17-10-12-26(13-11-17)22(28)24-19-9-5-3-7-16-6-2-4-8-18(16)19/h2,4,6,8,14,17,19H,3,5,7,9-13H2,1H3,(H,23,27)(H,24,28). The summed E-state index contributed by atoms with van der Waals surface area (Å²) < 4.78 is 4.96. The number of urea groups is 1. The third kappa shape index (κ3) is 4.60. The maximum atomic E-state index is 12.8. The highest BCUT2D eigenvalue weighted by atomic mass is 16.5. The van der Waals surface area contributed by atoms with E-state index >= 15 is 0 Å². The largest absolute Gasteiger partial charge is 0.361 e. The molecule has 2 aromatic rings. The summed E-state index contributed by atoms with van der Waals surface area (Å²) in [7, 11) is 0. The summed E-state index contributed by atoms with van der Waals surface area (Å²) in [4.78, 5) is 26.9. The Morgan fingerprint density at radius 2 is 1.90 bits per heavy atom. The van der Waals surface area contributed by atoms with Gasteiger partial charge in [-0.3, -0.25) is 4.79 Å². The summed E-state index contributed by atoms with van der Waals surface area (Å²) in [6.45, 7) is 3.01. The molecule has 2 aliphatic rings. The highest BCUT2D eigenvalue weighted by molar-refractivity contribution is 5.92. The topological polar surface area (TPSA) is 87.5 Å². The van der Waals surface area contributed by atoms with Crippen LogP contribution in [0.5, 0.6) is 0 Å². The fourth-order valence-electron chi connectivity index (χ4n) is 4.27. The van der Waals surface area contributed by atoms with Crippen molar-refractivity contribution in [2.24, 2.45) is 0 Å². The lowest BCUT2D eigenvalue weighted by atomic mass is 9.99. The summed E-state index contributed by atoms with van der Waals surface area (Å²) in [5.74, 6) is 0.390. The molecule has 1 atom stereocenters. The molecule has 2 N–H and O–H groups in total. The van der Waals surface area contributed by atoms with E-state index in [1.165, 1.54) is 17.5 Å². The van der Waals surface area contributed by atoms with Crippen molar-refractivity contribution in [3.8, 4) is 0 Å². The van der Waals surface area contributed by atoms with Crippen molar-refractivity contribution in [1.29, 1.82) is 0 Å². The molecule has 0 saturated carbocycles. The van der Waals surface area contributed by atoms with Crippen LogP contribution in [-0.4, -0.2) is 41.1 Å². The van der Waals surface area contributed by atoms with Gasteiger partial charge in [0.2, 0.25) is 0 Å². The first kappa shape index (κ1) is 19.5. The van der Waals surface area contributed by atoms with E-state index in [1.54, 1.807) is 13.0 Å². The normalized spacial score (nSPS) is 19.9. The Hall–Kier alpha value is -2.83.